The van der Waals surface area contributed by atoms with E-state index >= 15 is 0 Å². The Hall–Kier alpha value is -0.0800. The van der Waals surface area contributed by atoms with Crippen molar-refractivity contribution in [3.63, 3.8) is 0 Å². The number of nitrogens with one attached hydrogen (secondary N) is 1. The summed E-state index contributed by atoms with van der Waals surface area (Å²) in [5, 5.41) is 3.69. The Balaban J connectivity index is 1.54. The molecule has 3 atom stereocenters. The van der Waals surface area contributed by atoms with E-state index in [2.05, 4.69) is 12.2 Å². The van der Waals surface area contributed by atoms with Crippen LogP contribution in [0.15, 0.2) is 0 Å². The second-order valence-corrected chi connectivity index (χ2v) is 4.79. The van der Waals surface area contributed by atoms with E-state index in [9.17, 15) is 0 Å². The van der Waals surface area contributed by atoms with Gasteiger partial charge in [0, 0.05) is 19.3 Å². The first-order valence-corrected chi connectivity index (χ1v) is 6.21. The molecule has 2 nitrogen and oxygen atoms in total. The molecule has 0 spiro atoms. The molecule has 14 heavy (non-hydrogen) atoms. The first-order chi connectivity index (χ1) is 6.90. The van der Waals surface area contributed by atoms with Gasteiger partial charge in [0.25, 0.3) is 0 Å². The summed E-state index contributed by atoms with van der Waals surface area (Å²) in [5.41, 5.74) is 0. The van der Waals surface area contributed by atoms with Crippen LogP contribution in [0.4, 0.5) is 0 Å². The minimum absolute atomic E-state index is 0.843. The van der Waals surface area contributed by atoms with Crippen LogP contribution in [0.25, 0.3) is 0 Å². The van der Waals surface area contributed by atoms with Crippen LogP contribution in [-0.4, -0.2) is 25.8 Å². The number of hydrogen-bond donors (Lipinski definition) is 1. The average Bonchev–Trinajstić information content (AvgIpc) is 2.79. The molecule has 2 saturated carbocycles. The molecule has 0 unspecified atom stereocenters. The Bertz CT molecular complexity index is 172. The Morgan fingerprint density at radius 1 is 1.29 bits per heavy atom. The SMILES string of the molecule is CCOCCCN[C@H]1C[C@@H]2CC[C@@H]1C2. The van der Waals surface area contributed by atoms with Gasteiger partial charge in [-0.05, 0) is 51.0 Å². The highest BCUT2D eigenvalue weighted by Crippen LogP contribution is 2.44. The smallest absolute Gasteiger partial charge is 0.0477 e. The standard InChI is InChI=1S/C12H23NO/c1-2-14-7-3-6-13-12-9-10-4-5-11(12)8-10/h10-13H,2-9H2,1H3/t10-,11-,12+/m1/s1. The third-order valence-corrected chi connectivity index (χ3v) is 3.81. The van der Waals surface area contributed by atoms with Crippen LogP contribution in [-0.2, 0) is 4.74 Å². The molecule has 2 aliphatic carbocycles. The second-order valence-electron chi connectivity index (χ2n) is 4.79. The third kappa shape index (κ3) is 2.48. The second kappa shape index (κ2) is 5.13. The fourth-order valence-corrected chi connectivity index (χ4v) is 3.10. The minimum Gasteiger partial charge on any atom is -0.382 e. The van der Waals surface area contributed by atoms with Crippen molar-refractivity contribution >= 4 is 0 Å². The maximum absolute atomic E-state index is 5.32. The van der Waals surface area contributed by atoms with Crippen molar-refractivity contribution in [3.8, 4) is 0 Å². The maximum Gasteiger partial charge on any atom is 0.0477 e. The molecular formula is C12H23NO. The highest BCUT2D eigenvalue weighted by molar-refractivity contribution is 4.93. The molecule has 0 aromatic carbocycles. The molecular weight excluding hydrogens is 174 g/mol. The fourth-order valence-electron chi connectivity index (χ4n) is 3.10. The zero-order valence-electron chi connectivity index (χ0n) is 9.30. The van der Waals surface area contributed by atoms with Gasteiger partial charge in [-0.3, -0.25) is 0 Å². The molecule has 0 aliphatic heterocycles. The van der Waals surface area contributed by atoms with Gasteiger partial charge in [-0.1, -0.05) is 6.42 Å². The molecule has 2 bridgehead atoms. The van der Waals surface area contributed by atoms with Gasteiger partial charge in [-0.2, -0.15) is 0 Å². The van der Waals surface area contributed by atoms with E-state index in [0.29, 0.717) is 0 Å². The van der Waals surface area contributed by atoms with Gasteiger partial charge >= 0.3 is 0 Å². The lowest BCUT2D eigenvalue weighted by Gasteiger charge is -2.22. The quantitative estimate of drug-likeness (QED) is 0.659. The molecule has 2 aliphatic rings. The summed E-state index contributed by atoms with van der Waals surface area (Å²) in [4.78, 5) is 0. The van der Waals surface area contributed by atoms with E-state index in [1.54, 1.807) is 0 Å². The predicted molar refractivity (Wildman–Crippen MR) is 58.3 cm³/mol. The van der Waals surface area contributed by atoms with Gasteiger partial charge in [0.05, 0.1) is 0 Å². The monoisotopic (exact) mass is 197 g/mol. The first kappa shape index (κ1) is 10.4. The van der Waals surface area contributed by atoms with Crippen LogP contribution in [0.5, 0.6) is 0 Å². The molecule has 2 fully saturated rings. The molecule has 1 N–H and O–H groups in total. The van der Waals surface area contributed by atoms with E-state index in [1.165, 1.54) is 32.1 Å². The Morgan fingerprint density at radius 3 is 2.86 bits per heavy atom. The lowest BCUT2D eigenvalue weighted by Crippen LogP contribution is -2.34. The van der Waals surface area contributed by atoms with E-state index in [4.69, 9.17) is 4.74 Å². The Kier molecular flexibility index (Phi) is 3.82. The van der Waals surface area contributed by atoms with Crippen molar-refractivity contribution in [1.82, 2.24) is 5.32 Å². The van der Waals surface area contributed by atoms with Crippen molar-refractivity contribution in [2.45, 2.75) is 45.1 Å². The van der Waals surface area contributed by atoms with Crippen LogP contribution in [0.2, 0.25) is 0 Å². The highest BCUT2D eigenvalue weighted by Gasteiger charge is 2.38. The molecule has 0 radical (unpaired) electrons. The number of hydrogen-bond acceptors (Lipinski definition) is 2. The first-order valence-electron chi connectivity index (χ1n) is 6.21. The topological polar surface area (TPSA) is 21.3 Å². The van der Waals surface area contributed by atoms with Crippen LogP contribution >= 0.6 is 0 Å². The fraction of sp³-hybridized carbons (Fsp3) is 1.00. The summed E-state index contributed by atoms with van der Waals surface area (Å²) in [6, 6.07) is 0.843. The van der Waals surface area contributed by atoms with Gasteiger partial charge in [0.15, 0.2) is 0 Å². The summed E-state index contributed by atoms with van der Waals surface area (Å²) in [6.45, 7) is 4.98. The normalized spacial score (nSPS) is 35.4. The predicted octanol–water partition coefficient (Wildman–Crippen LogP) is 2.19. The van der Waals surface area contributed by atoms with E-state index < -0.39 is 0 Å². The van der Waals surface area contributed by atoms with Crippen molar-refractivity contribution in [3.05, 3.63) is 0 Å². The van der Waals surface area contributed by atoms with E-state index in [1.807, 2.05) is 0 Å². The molecule has 2 rings (SSSR count). The number of ether oxygens (including phenoxy) is 1. The molecule has 0 aromatic rings. The number of rotatable bonds is 6. The number of fused-ring (bicyclic) bond motifs is 2. The third-order valence-electron chi connectivity index (χ3n) is 3.81. The van der Waals surface area contributed by atoms with Gasteiger partial charge < -0.3 is 10.1 Å². The molecule has 2 heteroatoms. The summed E-state index contributed by atoms with van der Waals surface area (Å²) in [6.07, 6.45) is 7.10. The van der Waals surface area contributed by atoms with Gasteiger partial charge in [0.2, 0.25) is 0 Å². The van der Waals surface area contributed by atoms with Gasteiger partial charge in [-0.15, -0.1) is 0 Å². The van der Waals surface area contributed by atoms with Crippen molar-refractivity contribution in [2.24, 2.45) is 11.8 Å². The Labute approximate surface area is 87.4 Å². The van der Waals surface area contributed by atoms with Crippen LogP contribution < -0.4 is 5.32 Å². The summed E-state index contributed by atoms with van der Waals surface area (Å²) in [7, 11) is 0. The van der Waals surface area contributed by atoms with Gasteiger partial charge in [-0.25, -0.2) is 0 Å². The summed E-state index contributed by atoms with van der Waals surface area (Å²) >= 11 is 0. The van der Waals surface area contributed by atoms with Crippen LogP contribution in [0, 0.1) is 11.8 Å². The zero-order chi connectivity index (χ0) is 9.80. The minimum atomic E-state index is 0.843. The average molecular weight is 197 g/mol. The maximum atomic E-state index is 5.32. The lowest BCUT2D eigenvalue weighted by molar-refractivity contribution is 0.143. The lowest BCUT2D eigenvalue weighted by atomic mass is 9.95. The van der Waals surface area contributed by atoms with Crippen molar-refractivity contribution in [1.29, 1.82) is 0 Å². The van der Waals surface area contributed by atoms with Crippen molar-refractivity contribution < 1.29 is 4.74 Å². The zero-order valence-corrected chi connectivity index (χ0v) is 9.30. The molecule has 0 aromatic heterocycles. The molecule has 0 amide bonds. The van der Waals surface area contributed by atoms with Crippen molar-refractivity contribution in [2.75, 3.05) is 19.8 Å². The molecule has 82 valence electrons. The van der Waals surface area contributed by atoms with Crippen LogP contribution in [0.1, 0.15) is 39.0 Å². The Morgan fingerprint density at radius 2 is 2.21 bits per heavy atom. The summed E-state index contributed by atoms with van der Waals surface area (Å²) < 4.78 is 5.32. The van der Waals surface area contributed by atoms with Crippen LogP contribution in [0.3, 0.4) is 0 Å². The molecule has 0 saturated heterocycles. The molecule has 0 heterocycles. The van der Waals surface area contributed by atoms with Gasteiger partial charge in [0.1, 0.15) is 0 Å². The summed E-state index contributed by atoms with van der Waals surface area (Å²) in [5.74, 6) is 2.07. The van der Waals surface area contributed by atoms with E-state index in [-0.39, 0.29) is 0 Å². The largest absolute Gasteiger partial charge is 0.382 e. The highest BCUT2D eigenvalue weighted by atomic mass is 16.5. The van der Waals surface area contributed by atoms with E-state index in [0.717, 1.165) is 37.6 Å².